The van der Waals surface area contributed by atoms with Crippen molar-refractivity contribution in [3.05, 3.63) is 29.3 Å². The molecule has 0 radical (unpaired) electrons. The Labute approximate surface area is 109 Å². The third-order valence-corrected chi connectivity index (χ3v) is 3.51. The van der Waals surface area contributed by atoms with Crippen LogP contribution in [-0.2, 0) is 12.8 Å². The van der Waals surface area contributed by atoms with E-state index in [9.17, 15) is 0 Å². The number of benzene rings is 1. The average Bonchev–Trinajstić information content (AvgIpc) is 2.75. The number of hydrogen-bond acceptors (Lipinski definition) is 3. The topological polar surface area (TPSA) is 41.5 Å². The molecule has 0 unspecified atom stereocenters. The molecule has 2 rings (SSSR count). The zero-order chi connectivity index (χ0) is 13.0. The molecule has 3 nitrogen and oxygen atoms in total. The minimum Gasteiger partial charge on any atom is -0.493 e. The van der Waals surface area contributed by atoms with E-state index in [0.717, 1.165) is 38.2 Å². The average molecular weight is 249 g/mol. The SMILES string of the molecule is CC(C)(CCO)NCCc1ccc2c(c1)CCO2. The molecule has 2 N–H and O–H groups in total. The lowest BCUT2D eigenvalue weighted by Crippen LogP contribution is -2.41. The number of hydrogen-bond donors (Lipinski definition) is 2. The van der Waals surface area contributed by atoms with Gasteiger partial charge in [-0.25, -0.2) is 0 Å². The monoisotopic (exact) mass is 249 g/mol. The summed E-state index contributed by atoms with van der Waals surface area (Å²) in [5, 5.41) is 12.5. The highest BCUT2D eigenvalue weighted by molar-refractivity contribution is 5.39. The second kappa shape index (κ2) is 5.72. The molecular formula is C15H23NO2. The Balaban J connectivity index is 1.84. The lowest BCUT2D eigenvalue weighted by molar-refractivity contribution is 0.231. The summed E-state index contributed by atoms with van der Waals surface area (Å²) in [7, 11) is 0. The van der Waals surface area contributed by atoms with Crippen LogP contribution in [0.3, 0.4) is 0 Å². The van der Waals surface area contributed by atoms with Crippen LogP contribution in [0.25, 0.3) is 0 Å². The second-order valence-electron chi connectivity index (χ2n) is 5.57. The molecule has 1 aromatic carbocycles. The van der Waals surface area contributed by atoms with Gasteiger partial charge in [0.15, 0.2) is 0 Å². The molecule has 0 fully saturated rings. The number of rotatable bonds is 6. The predicted octanol–water partition coefficient (Wildman–Crippen LogP) is 1.91. The predicted molar refractivity (Wildman–Crippen MR) is 73.1 cm³/mol. The molecule has 0 amide bonds. The molecular weight excluding hydrogens is 226 g/mol. The van der Waals surface area contributed by atoms with Crippen molar-refractivity contribution in [3.8, 4) is 5.75 Å². The molecule has 1 aromatic rings. The molecule has 1 heterocycles. The Morgan fingerprint density at radius 1 is 1.39 bits per heavy atom. The second-order valence-corrected chi connectivity index (χ2v) is 5.57. The van der Waals surface area contributed by atoms with Crippen LogP contribution in [0.15, 0.2) is 18.2 Å². The van der Waals surface area contributed by atoms with Gasteiger partial charge in [-0.3, -0.25) is 0 Å². The highest BCUT2D eigenvalue weighted by Crippen LogP contribution is 2.25. The van der Waals surface area contributed by atoms with Gasteiger partial charge < -0.3 is 15.2 Å². The number of fused-ring (bicyclic) bond motifs is 1. The van der Waals surface area contributed by atoms with E-state index in [0.29, 0.717) is 0 Å². The van der Waals surface area contributed by atoms with Crippen molar-refractivity contribution < 1.29 is 9.84 Å². The molecule has 1 aliphatic heterocycles. The summed E-state index contributed by atoms with van der Waals surface area (Å²) in [5.74, 6) is 1.05. The number of ether oxygens (including phenoxy) is 1. The zero-order valence-corrected chi connectivity index (χ0v) is 11.3. The van der Waals surface area contributed by atoms with E-state index in [1.54, 1.807) is 0 Å². The molecule has 18 heavy (non-hydrogen) atoms. The van der Waals surface area contributed by atoms with Gasteiger partial charge in [-0.1, -0.05) is 12.1 Å². The minimum atomic E-state index is 0.00852. The van der Waals surface area contributed by atoms with E-state index in [4.69, 9.17) is 9.84 Å². The van der Waals surface area contributed by atoms with Gasteiger partial charge in [-0.05, 0) is 50.4 Å². The molecule has 0 aromatic heterocycles. The van der Waals surface area contributed by atoms with Gasteiger partial charge in [0.2, 0.25) is 0 Å². The Hall–Kier alpha value is -1.06. The van der Waals surface area contributed by atoms with Crippen LogP contribution in [0.5, 0.6) is 5.75 Å². The van der Waals surface area contributed by atoms with E-state index in [2.05, 4.69) is 37.4 Å². The summed E-state index contributed by atoms with van der Waals surface area (Å²) in [6.07, 6.45) is 2.83. The van der Waals surface area contributed by atoms with Crippen molar-refractivity contribution in [2.24, 2.45) is 0 Å². The number of aliphatic hydroxyl groups excluding tert-OH is 1. The van der Waals surface area contributed by atoms with Crippen molar-refractivity contribution in [3.63, 3.8) is 0 Å². The van der Waals surface area contributed by atoms with Gasteiger partial charge >= 0.3 is 0 Å². The standard InChI is InChI=1S/C15H23NO2/c1-15(2,7-9-17)16-8-5-12-3-4-14-13(11-12)6-10-18-14/h3-4,11,16-17H,5-10H2,1-2H3. The number of aliphatic hydroxyl groups is 1. The van der Waals surface area contributed by atoms with Gasteiger partial charge in [0.25, 0.3) is 0 Å². The third kappa shape index (κ3) is 3.47. The van der Waals surface area contributed by atoms with Gasteiger partial charge in [-0.2, -0.15) is 0 Å². The maximum Gasteiger partial charge on any atom is 0.122 e. The first-order valence-corrected chi connectivity index (χ1v) is 6.71. The van der Waals surface area contributed by atoms with Crippen molar-refractivity contribution in [2.75, 3.05) is 19.8 Å². The first-order chi connectivity index (χ1) is 8.61. The quantitative estimate of drug-likeness (QED) is 0.809. The Morgan fingerprint density at radius 2 is 2.22 bits per heavy atom. The summed E-state index contributed by atoms with van der Waals surface area (Å²) < 4.78 is 5.50. The smallest absolute Gasteiger partial charge is 0.122 e. The zero-order valence-electron chi connectivity index (χ0n) is 11.3. The molecule has 3 heteroatoms. The molecule has 0 bridgehead atoms. The van der Waals surface area contributed by atoms with Crippen LogP contribution in [0.2, 0.25) is 0 Å². The van der Waals surface area contributed by atoms with Gasteiger partial charge in [0, 0.05) is 18.6 Å². The molecule has 0 aliphatic carbocycles. The van der Waals surface area contributed by atoms with Gasteiger partial charge in [-0.15, -0.1) is 0 Å². The number of nitrogens with one attached hydrogen (secondary N) is 1. The molecule has 0 saturated carbocycles. The fourth-order valence-electron chi connectivity index (χ4n) is 2.31. The summed E-state index contributed by atoms with van der Waals surface area (Å²) in [5.41, 5.74) is 2.70. The lowest BCUT2D eigenvalue weighted by atomic mass is 10.0. The van der Waals surface area contributed by atoms with Crippen molar-refractivity contribution in [1.82, 2.24) is 5.32 Å². The largest absolute Gasteiger partial charge is 0.493 e. The van der Waals surface area contributed by atoms with E-state index in [1.807, 2.05) is 0 Å². The van der Waals surface area contributed by atoms with Crippen LogP contribution < -0.4 is 10.1 Å². The molecule has 0 atom stereocenters. The van der Waals surface area contributed by atoms with E-state index >= 15 is 0 Å². The van der Waals surface area contributed by atoms with Crippen molar-refractivity contribution >= 4 is 0 Å². The Kier molecular flexibility index (Phi) is 4.25. The van der Waals surface area contributed by atoms with Crippen LogP contribution in [0.4, 0.5) is 0 Å². The van der Waals surface area contributed by atoms with Crippen LogP contribution >= 0.6 is 0 Å². The fraction of sp³-hybridized carbons (Fsp3) is 0.600. The summed E-state index contributed by atoms with van der Waals surface area (Å²) in [6.45, 7) is 6.24. The molecule has 1 aliphatic rings. The van der Waals surface area contributed by atoms with Gasteiger partial charge in [0.1, 0.15) is 5.75 Å². The fourth-order valence-corrected chi connectivity index (χ4v) is 2.31. The third-order valence-electron chi connectivity index (χ3n) is 3.51. The van der Waals surface area contributed by atoms with E-state index in [-0.39, 0.29) is 12.1 Å². The van der Waals surface area contributed by atoms with E-state index < -0.39 is 0 Å². The first-order valence-electron chi connectivity index (χ1n) is 6.71. The first kappa shape index (κ1) is 13.4. The molecule has 100 valence electrons. The molecule has 0 spiro atoms. The minimum absolute atomic E-state index is 0.00852. The van der Waals surface area contributed by atoms with Crippen molar-refractivity contribution in [2.45, 2.75) is 38.6 Å². The Morgan fingerprint density at radius 3 is 3.00 bits per heavy atom. The van der Waals surface area contributed by atoms with Crippen molar-refractivity contribution in [1.29, 1.82) is 0 Å². The summed E-state index contributed by atoms with van der Waals surface area (Å²) in [4.78, 5) is 0. The maximum absolute atomic E-state index is 8.97. The van der Waals surface area contributed by atoms with Crippen LogP contribution in [-0.4, -0.2) is 30.4 Å². The highest BCUT2D eigenvalue weighted by Gasteiger charge is 2.16. The summed E-state index contributed by atoms with van der Waals surface area (Å²) >= 11 is 0. The van der Waals surface area contributed by atoms with Gasteiger partial charge in [0.05, 0.1) is 6.61 Å². The Bertz CT molecular complexity index is 401. The lowest BCUT2D eigenvalue weighted by Gasteiger charge is -2.25. The summed E-state index contributed by atoms with van der Waals surface area (Å²) in [6, 6.07) is 6.48. The van der Waals surface area contributed by atoms with Crippen LogP contribution in [0, 0.1) is 0 Å². The normalized spacial score (nSPS) is 14.4. The van der Waals surface area contributed by atoms with E-state index in [1.165, 1.54) is 11.1 Å². The maximum atomic E-state index is 8.97. The molecule has 0 saturated heterocycles. The van der Waals surface area contributed by atoms with Crippen LogP contribution in [0.1, 0.15) is 31.4 Å². The highest BCUT2D eigenvalue weighted by atomic mass is 16.5.